The quantitative estimate of drug-likeness (QED) is 0.424. The molecule has 18 heavy (non-hydrogen) atoms. The van der Waals surface area contributed by atoms with Crippen LogP contribution in [0.15, 0.2) is 46.9 Å². The molecular weight excluding hydrogens is 429 g/mol. The van der Waals surface area contributed by atoms with Crippen molar-refractivity contribution in [3.63, 3.8) is 0 Å². The van der Waals surface area contributed by atoms with Crippen LogP contribution in [0, 0.1) is 9.39 Å². The Morgan fingerprint density at radius 2 is 2.00 bits per heavy atom. The van der Waals surface area contributed by atoms with Crippen LogP contribution in [-0.4, -0.2) is 0 Å². The maximum atomic E-state index is 13.1. The second kappa shape index (κ2) is 6.35. The number of benzene rings is 2. The van der Waals surface area contributed by atoms with Gasteiger partial charge in [0, 0.05) is 8.04 Å². The number of rotatable bonds is 3. The summed E-state index contributed by atoms with van der Waals surface area (Å²) in [7, 11) is 0. The molecule has 0 aliphatic rings. The third-order valence-corrected chi connectivity index (χ3v) is 4.38. The van der Waals surface area contributed by atoms with Gasteiger partial charge in [0.25, 0.3) is 0 Å². The number of halogens is 4. The molecule has 0 saturated heterocycles. The summed E-state index contributed by atoms with van der Waals surface area (Å²) < 4.78 is 15.2. The molecule has 0 heterocycles. The van der Waals surface area contributed by atoms with Crippen molar-refractivity contribution in [3.05, 3.63) is 67.5 Å². The summed E-state index contributed by atoms with van der Waals surface area (Å²) >= 11 is 12.2. The average molecular weight is 439 g/mol. The second-order valence-corrected chi connectivity index (χ2v) is 6.59. The molecule has 0 spiro atoms. The standard InChI is InChI=1S/C14H10BrClFI/c15-13-5-4-11(18)8-12(13)14(16)7-9-2-1-3-10(17)6-9/h1-6,8,14H,7H2. The molecule has 1 atom stereocenters. The van der Waals surface area contributed by atoms with Gasteiger partial charge in [0.15, 0.2) is 0 Å². The number of hydrogen-bond acceptors (Lipinski definition) is 0. The van der Waals surface area contributed by atoms with Crippen molar-refractivity contribution in [1.29, 1.82) is 0 Å². The van der Waals surface area contributed by atoms with E-state index in [1.807, 2.05) is 24.3 Å². The van der Waals surface area contributed by atoms with Crippen molar-refractivity contribution in [1.82, 2.24) is 0 Å². The summed E-state index contributed by atoms with van der Waals surface area (Å²) in [6, 6.07) is 12.6. The van der Waals surface area contributed by atoms with Crippen LogP contribution in [0.1, 0.15) is 16.5 Å². The van der Waals surface area contributed by atoms with E-state index in [0.29, 0.717) is 6.42 Å². The van der Waals surface area contributed by atoms with Gasteiger partial charge in [-0.25, -0.2) is 4.39 Å². The van der Waals surface area contributed by atoms with E-state index in [4.69, 9.17) is 11.6 Å². The van der Waals surface area contributed by atoms with Gasteiger partial charge >= 0.3 is 0 Å². The Bertz CT molecular complexity index is 559. The fourth-order valence-corrected chi connectivity index (χ4v) is 3.26. The van der Waals surface area contributed by atoms with E-state index in [9.17, 15) is 4.39 Å². The molecule has 0 N–H and O–H groups in total. The van der Waals surface area contributed by atoms with Crippen LogP contribution in [0.5, 0.6) is 0 Å². The van der Waals surface area contributed by atoms with Gasteiger partial charge in [0.1, 0.15) is 5.82 Å². The van der Waals surface area contributed by atoms with Crippen LogP contribution < -0.4 is 0 Å². The molecule has 0 nitrogen and oxygen atoms in total. The molecule has 0 aliphatic heterocycles. The van der Waals surface area contributed by atoms with Gasteiger partial charge in [0.2, 0.25) is 0 Å². The monoisotopic (exact) mass is 438 g/mol. The Hall–Kier alpha value is -0.130. The molecule has 0 fully saturated rings. The molecule has 0 aliphatic carbocycles. The maximum absolute atomic E-state index is 13.1. The van der Waals surface area contributed by atoms with Crippen molar-refractivity contribution in [3.8, 4) is 0 Å². The van der Waals surface area contributed by atoms with Gasteiger partial charge in [-0.2, -0.15) is 0 Å². The minimum atomic E-state index is -0.224. The molecular formula is C14H10BrClFI. The summed E-state index contributed by atoms with van der Waals surface area (Å²) in [5.41, 5.74) is 1.94. The van der Waals surface area contributed by atoms with Crippen LogP contribution in [0.3, 0.4) is 0 Å². The first-order chi connectivity index (χ1) is 8.56. The Morgan fingerprint density at radius 1 is 1.22 bits per heavy atom. The predicted molar refractivity (Wildman–Crippen MR) is 85.6 cm³/mol. The van der Waals surface area contributed by atoms with E-state index < -0.39 is 0 Å². The lowest BCUT2D eigenvalue weighted by atomic mass is 10.0. The van der Waals surface area contributed by atoms with Crippen molar-refractivity contribution >= 4 is 50.1 Å². The predicted octanol–water partition coefficient (Wildman–Crippen LogP) is 5.72. The molecule has 0 saturated carbocycles. The van der Waals surface area contributed by atoms with Crippen LogP contribution in [-0.2, 0) is 6.42 Å². The van der Waals surface area contributed by atoms with E-state index in [0.717, 1.165) is 19.2 Å². The molecule has 2 aromatic rings. The molecule has 0 aromatic heterocycles. The van der Waals surface area contributed by atoms with Gasteiger partial charge in [-0.1, -0.05) is 28.1 Å². The van der Waals surface area contributed by atoms with Crippen LogP contribution in [0.4, 0.5) is 4.39 Å². The Labute approximate surface area is 133 Å². The topological polar surface area (TPSA) is 0 Å². The zero-order valence-electron chi connectivity index (χ0n) is 9.34. The first-order valence-electron chi connectivity index (χ1n) is 5.40. The van der Waals surface area contributed by atoms with Gasteiger partial charge in [-0.3, -0.25) is 0 Å². The average Bonchev–Trinajstić information content (AvgIpc) is 2.32. The lowest BCUT2D eigenvalue weighted by Crippen LogP contribution is -1.98. The molecule has 2 aromatic carbocycles. The van der Waals surface area contributed by atoms with Gasteiger partial charge in [-0.05, 0) is 70.5 Å². The number of hydrogen-bond donors (Lipinski definition) is 0. The molecule has 0 amide bonds. The van der Waals surface area contributed by atoms with Gasteiger partial charge in [-0.15, -0.1) is 11.6 Å². The summed E-state index contributed by atoms with van der Waals surface area (Å²) in [5, 5.41) is -0.170. The summed E-state index contributed by atoms with van der Waals surface area (Å²) in [6.07, 6.45) is 0.609. The lowest BCUT2D eigenvalue weighted by Gasteiger charge is -2.12. The highest BCUT2D eigenvalue weighted by molar-refractivity contribution is 14.1. The Morgan fingerprint density at radius 3 is 2.72 bits per heavy atom. The largest absolute Gasteiger partial charge is 0.207 e. The van der Waals surface area contributed by atoms with Crippen LogP contribution in [0.2, 0.25) is 0 Å². The fraction of sp³-hybridized carbons (Fsp3) is 0.143. The first-order valence-corrected chi connectivity index (χ1v) is 7.70. The molecule has 94 valence electrons. The zero-order chi connectivity index (χ0) is 13.1. The zero-order valence-corrected chi connectivity index (χ0v) is 13.8. The Kier molecular flexibility index (Phi) is 5.04. The third-order valence-electron chi connectivity index (χ3n) is 2.60. The van der Waals surface area contributed by atoms with E-state index in [-0.39, 0.29) is 11.2 Å². The summed E-state index contributed by atoms with van der Waals surface area (Å²) in [5.74, 6) is -0.224. The van der Waals surface area contributed by atoms with Crippen LogP contribution in [0.25, 0.3) is 0 Å². The van der Waals surface area contributed by atoms with Gasteiger partial charge in [0.05, 0.1) is 5.38 Å². The maximum Gasteiger partial charge on any atom is 0.123 e. The summed E-state index contributed by atoms with van der Waals surface area (Å²) in [4.78, 5) is 0. The highest BCUT2D eigenvalue weighted by Crippen LogP contribution is 2.32. The van der Waals surface area contributed by atoms with E-state index in [2.05, 4.69) is 38.5 Å². The van der Waals surface area contributed by atoms with Crippen molar-refractivity contribution in [2.24, 2.45) is 0 Å². The molecule has 4 heteroatoms. The lowest BCUT2D eigenvalue weighted by molar-refractivity contribution is 0.625. The normalized spacial score (nSPS) is 12.4. The minimum Gasteiger partial charge on any atom is -0.207 e. The summed E-state index contributed by atoms with van der Waals surface area (Å²) in [6.45, 7) is 0. The third kappa shape index (κ3) is 3.68. The second-order valence-electron chi connectivity index (χ2n) is 3.97. The van der Waals surface area contributed by atoms with E-state index in [1.165, 1.54) is 12.1 Å². The molecule has 2 rings (SSSR count). The van der Waals surface area contributed by atoms with E-state index >= 15 is 0 Å². The highest BCUT2D eigenvalue weighted by Gasteiger charge is 2.13. The SMILES string of the molecule is Fc1cccc(CC(Cl)c2cc(I)ccc2Br)c1. The Balaban J connectivity index is 2.21. The smallest absolute Gasteiger partial charge is 0.123 e. The number of alkyl halides is 1. The van der Waals surface area contributed by atoms with Crippen molar-refractivity contribution in [2.45, 2.75) is 11.8 Å². The van der Waals surface area contributed by atoms with E-state index in [1.54, 1.807) is 6.07 Å². The molecule has 1 unspecified atom stereocenters. The first kappa shape index (κ1) is 14.3. The van der Waals surface area contributed by atoms with Crippen LogP contribution >= 0.6 is 50.1 Å². The van der Waals surface area contributed by atoms with Crippen molar-refractivity contribution < 1.29 is 4.39 Å². The van der Waals surface area contributed by atoms with Crippen molar-refractivity contribution in [2.75, 3.05) is 0 Å². The fourth-order valence-electron chi connectivity index (χ4n) is 1.74. The molecule has 0 radical (unpaired) electrons. The minimum absolute atomic E-state index is 0.170. The highest BCUT2D eigenvalue weighted by atomic mass is 127. The molecule has 0 bridgehead atoms. The van der Waals surface area contributed by atoms with Gasteiger partial charge < -0.3 is 0 Å².